The topological polar surface area (TPSA) is 94.5 Å². The van der Waals surface area contributed by atoms with Gasteiger partial charge < -0.3 is 14.9 Å². The maximum Gasteiger partial charge on any atom is 0.241 e. The number of benzene rings is 1. The monoisotopic (exact) mass is 410 g/mol. The molecule has 9 heteroatoms. The van der Waals surface area contributed by atoms with Gasteiger partial charge in [-0.25, -0.2) is 15.0 Å². The van der Waals surface area contributed by atoms with Crippen LogP contribution in [0, 0.1) is 0 Å². The SMILES string of the molecule is CN1CCN(c2ncnc3ccc(-c4cccc(SNCCO)c4)nc23)CC1=O. The van der Waals surface area contributed by atoms with Gasteiger partial charge in [0.25, 0.3) is 0 Å². The zero-order valence-electron chi connectivity index (χ0n) is 16.1. The molecule has 0 saturated carbocycles. The van der Waals surface area contributed by atoms with Gasteiger partial charge in [-0.15, -0.1) is 0 Å². The number of aliphatic hydroxyl groups is 1. The lowest BCUT2D eigenvalue weighted by Gasteiger charge is -2.32. The fourth-order valence-corrected chi connectivity index (χ4v) is 3.85. The van der Waals surface area contributed by atoms with Gasteiger partial charge in [0.2, 0.25) is 5.91 Å². The molecule has 0 radical (unpaired) electrons. The number of aromatic nitrogens is 3. The highest BCUT2D eigenvalue weighted by atomic mass is 32.2. The summed E-state index contributed by atoms with van der Waals surface area (Å²) in [6, 6.07) is 11.9. The van der Waals surface area contributed by atoms with E-state index in [-0.39, 0.29) is 19.1 Å². The molecule has 0 aliphatic carbocycles. The minimum Gasteiger partial charge on any atom is -0.395 e. The van der Waals surface area contributed by atoms with Gasteiger partial charge in [-0.2, -0.15) is 0 Å². The minimum absolute atomic E-state index is 0.0688. The average molecular weight is 411 g/mol. The summed E-state index contributed by atoms with van der Waals surface area (Å²) in [5.74, 6) is 0.757. The number of nitrogens with one attached hydrogen (secondary N) is 1. The Labute approximate surface area is 173 Å². The van der Waals surface area contributed by atoms with E-state index < -0.39 is 0 Å². The van der Waals surface area contributed by atoms with Crippen LogP contribution in [-0.4, -0.2) is 70.7 Å². The number of rotatable bonds is 6. The highest BCUT2D eigenvalue weighted by Crippen LogP contribution is 2.28. The van der Waals surface area contributed by atoms with E-state index in [1.54, 1.807) is 4.90 Å². The largest absolute Gasteiger partial charge is 0.395 e. The van der Waals surface area contributed by atoms with Gasteiger partial charge in [-0.1, -0.05) is 12.1 Å². The molecule has 2 aromatic heterocycles. The van der Waals surface area contributed by atoms with Crippen LogP contribution in [0.1, 0.15) is 0 Å². The van der Waals surface area contributed by atoms with Gasteiger partial charge in [0.05, 0.1) is 24.4 Å². The van der Waals surface area contributed by atoms with E-state index in [0.29, 0.717) is 31.0 Å². The van der Waals surface area contributed by atoms with Gasteiger partial charge in [0, 0.05) is 37.1 Å². The van der Waals surface area contributed by atoms with Crippen LogP contribution in [0.2, 0.25) is 0 Å². The van der Waals surface area contributed by atoms with Crippen LogP contribution in [0.5, 0.6) is 0 Å². The Morgan fingerprint density at radius 3 is 2.93 bits per heavy atom. The molecule has 2 N–H and O–H groups in total. The molecular weight excluding hydrogens is 388 g/mol. The van der Waals surface area contributed by atoms with E-state index in [1.165, 1.54) is 18.3 Å². The average Bonchev–Trinajstić information content (AvgIpc) is 2.75. The molecule has 1 saturated heterocycles. The molecule has 0 unspecified atom stereocenters. The van der Waals surface area contributed by atoms with Gasteiger partial charge in [0.15, 0.2) is 5.82 Å². The van der Waals surface area contributed by atoms with E-state index in [2.05, 4.69) is 14.7 Å². The third kappa shape index (κ3) is 4.31. The molecule has 29 heavy (non-hydrogen) atoms. The number of fused-ring (bicyclic) bond motifs is 1. The number of pyridine rings is 1. The maximum atomic E-state index is 12.1. The highest BCUT2D eigenvalue weighted by Gasteiger charge is 2.24. The zero-order chi connectivity index (χ0) is 20.2. The number of anilines is 1. The maximum absolute atomic E-state index is 12.1. The summed E-state index contributed by atoms with van der Waals surface area (Å²) < 4.78 is 3.10. The van der Waals surface area contributed by atoms with Crippen molar-refractivity contribution in [3.63, 3.8) is 0 Å². The van der Waals surface area contributed by atoms with Crippen LogP contribution in [0.25, 0.3) is 22.3 Å². The molecule has 1 aliphatic rings. The van der Waals surface area contributed by atoms with E-state index in [0.717, 1.165) is 21.7 Å². The Morgan fingerprint density at radius 1 is 1.21 bits per heavy atom. The van der Waals surface area contributed by atoms with Crippen molar-refractivity contribution in [1.82, 2.24) is 24.6 Å². The Kier molecular flexibility index (Phi) is 5.89. The molecule has 1 amide bonds. The first kappa shape index (κ1) is 19.6. The standard InChI is InChI=1S/C20H22N6O2S/c1-25-8-9-26(12-18(25)28)20-19-17(21-13-22-20)6-5-16(24-19)14-3-2-4-15(11-14)29-23-7-10-27/h2-6,11,13,23,27H,7-10,12H2,1H3. The second kappa shape index (κ2) is 8.73. The normalized spacial score (nSPS) is 14.6. The van der Waals surface area contributed by atoms with Crippen molar-refractivity contribution in [2.45, 2.75) is 4.90 Å². The molecule has 4 rings (SSSR count). The van der Waals surface area contributed by atoms with E-state index >= 15 is 0 Å². The summed E-state index contributed by atoms with van der Waals surface area (Å²) >= 11 is 1.47. The number of amides is 1. The Bertz CT molecular complexity index is 1030. The van der Waals surface area contributed by atoms with Gasteiger partial charge in [-0.3, -0.25) is 9.52 Å². The lowest BCUT2D eigenvalue weighted by Crippen LogP contribution is -2.49. The van der Waals surface area contributed by atoms with Crippen molar-refractivity contribution in [3.05, 3.63) is 42.7 Å². The number of piperazine rings is 1. The molecule has 0 spiro atoms. The Morgan fingerprint density at radius 2 is 2.10 bits per heavy atom. The van der Waals surface area contributed by atoms with E-state index in [4.69, 9.17) is 10.1 Å². The summed E-state index contributed by atoms with van der Waals surface area (Å²) in [4.78, 5) is 30.5. The second-order valence-corrected chi connectivity index (χ2v) is 7.71. The number of nitrogens with zero attached hydrogens (tertiary/aromatic N) is 5. The first-order chi connectivity index (χ1) is 14.2. The van der Waals surface area contributed by atoms with Crippen molar-refractivity contribution in [3.8, 4) is 11.3 Å². The van der Waals surface area contributed by atoms with E-state index in [1.807, 2.05) is 48.3 Å². The highest BCUT2D eigenvalue weighted by molar-refractivity contribution is 7.97. The minimum atomic E-state index is 0.0688. The second-order valence-electron chi connectivity index (χ2n) is 6.75. The van der Waals surface area contributed by atoms with Crippen molar-refractivity contribution >= 4 is 34.7 Å². The molecule has 8 nitrogen and oxygen atoms in total. The van der Waals surface area contributed by atoms with Crippen LogP contribution in [0.3, 0.4) is 0 Å². The number of carbonyl (C=O) groups excluding carboxylic acids is 1. The molecular formula is C20H22N6O2S. The Balaban J connectivity index is 1.67. The van der Waals surface area contributed by atoms with Crippen molar-refractivity contribution in [1.29, 1.82) is 0 Å². The van der Waals surface area contributed by atoms with Gasteiger partial charge >= 0.3 is 0 Å². The molecule has 0 atom stereocenters. The van der Waals surface area contributed by atoms with Gasteiger partial charge in [0.1, 0.15) is 11.8 Å². The predicted molar refractivity (Wildman–Crippen MR) is 114 cm³/mol. The first-order valence-electron chi connectivity index (χ1n) is 9.37. The van der Waals surface area contributed by atoms with Crippen LogP contribution in [-0.2, 0) is 4.79 Å². The zero-order valence-corrected chi connectivity index (χ0v) is 16.9. The van der Waals surface area contributed by atoms with Crippen LogP contribution >= 0.6 is 11.9 Å². The van der Waals surface area contributed by atoms with Crippen molar-refractivity contribution in [2.24, 2.45) is 0 Å². The predicted octanol–water partition coefficient (Wildman–Crippen LogP) is 1.56. The van der Waals surface area contributed by atoms with Crippen LogP contribution in [0.15, 0.2) is 47.6 Å². The van der Waals surface area contributed by atoms with Crippen LogP contribution in [0.4, 0.5) is 5.82 Å². The fraction of sp³-hybridized carbons (Fsp3) is 0.300. The molecule has 3 aromatic rings. The molecule has 150 valence electrons. The fourth-order valence-electron chi connectivity index (χ4n) is 3.16. The number of hydrogen-bond donors (Lipinski definition) is 2. The number of hydrogen-bond acceptors (Lipinski definition) is 8. The van der Waals surface area contributed by atoms with Crippen molar-refractivity contribution in [2.75, 3.05) is 44.7 Å². The number of aliphatic hydroxyl groups excluding tert-OH is 1. The number of likely N-dealkylation sites (N-methyl/N-ethyl adjacent to an activating group) is 1. The van der Waals surface area contributed by atoms with Gasteiger partial charge in [-0.05, 0) is 36.2 Å². The Hall–Kier alpha value is -2.75. The lowest BCUT2D eigenvalue weighted by molar-refractivity contribution is -0.129. The summed E-state index contributed by atoms with van der Waals surface area (Å²) in [5, 5.41) is 8.92. The summed E-state index contributed by atoms with van der Waals surface area (Å²) in [5.41, 5.74) is 3.24. The first-order valence-corrected chi connectivity index (χ1v) is 10.2. The summed E-state index contributed by atoms with van der Waals surface area (Å²) in [7, 11) is 1.81. The summed E-state index contributed by atoms with van der Waals surface area (Å²) in [6.07, 6.45) is 1.52. The molecule has 1 fully saturated rings. The number of carbonyl (C=O) groups is 1. The lowest BCUT2D eigenvalue weighted by atomic mass is 10.1. The van der Waals surface area contributed by atoms with E-state index in [9.17, 15) is 4.79 Å². The van der Waals surface area contributed by atoms with Crippen LogP contribution < -0.4 is 9.62 Å². The van der Waals surface area contributed by atoms with Crippen molar-refractivity contribution < 1.29 is 9.90 Å². The molecule has 1 aromatic carbocycles. The summed E-state index contributed by atoms with van der Waals surface area (Å²) in [6.45, 7) is 2.27. The third-order valence-electron chi connectivity index (χ3n) is 4.75. The smallest absolute Gasteiger partial charge is 0.241 e. The molecule has 1 aliphatic heterocycles. The molecule has 0 bridgehead atoms. The molecule has 3 heterocycles. The quantitative estimate of drug-likeness (QED) is 0.467. The third-order valence-corrected chi connectivity index (χ3v) is 5.59.